The molecule has 0 amide bonds. The van der Waals surface area contributed by atoms with Gasteiger partial charge in [0, 0.05) is 13.5 Å². The Morgan fingerprint density at radius 3 is 2.43 bits per heavy atom. The number of ether oxygens (including phenoxy) is 3. The number of unbranched alkanes of at least 4 members (excludes halogenated alkanes) is 2. The molecular weight excluding hydrogens is 387 g/mol. The van der Waals surface area contributed by atoms with E-state index in [9.17, 15) is 14.3 Å². The maximum atomic E-state index is 14.7. The summed E-state index contributed by atoms with van der Waals surface area (Å²) in [6.07, 6.45) is 4.27. The van der Waals surface area contributed by atoms with Crippen LogP contribution in [0.25, 0.3) is 0 Å². The van der Waals surface area contributed by atoms with E-state index in [1.165, 1.54) is 31.6 Å². The number of carbonyl (C=O) groups is 1. The normalized spacial score (nSPS) is 12.0. The molecule has 0 spiro atoms. The Kier molecular flexibility index (Phi) is 9.77. The largest absolute Gasteiger partial charge is 0.491 e. The molecule has 0 aliphatic rings. The molecule has 0 aromatic heterocycles. The second-order valence-electron chi connectivity index (χ2n) is 7.11. The van der Waals surface area contributed by atoms with E-state index in [1.807, 2.05) is 12.1 Å². The molecule has 0 radical (unpaired) electrons. The molecular formula is C24H31FO5. The van der Waals surface area contributed by atoms with Gasteiger partial charge < -0.3 is 19.3 Å². The zero-order valence-corrected chi connectivity index (χ0v) is 17.9. The predicted molar refractivity (Wildman–Crippen MR) is 114 cm³/mol. The van der Waals surface area contributed by atoms with Crippen molar-refractivity contribution in [3.8, 4) is 5.75 Å². The fraction of sp³-hybridized carbons (Fsp3) is 0.458. The van der Waals surface area contributed by atoms with Gasteiger partial charge in [0.2, 0.25) is 0 Å². The summed E-state index contributed by atoms with van der Waals surface area (Å²) in [4.78, 5) is 11.7. The van der Waals surface area contributed by atoms with Gasteiger partial charge in [0.05, 0.1) is 12.7 Å². The first-order chi connectivity index (χ1) is 14.5. The molecule has 5 nitrogen and oxygen atoms in total. The third kappa shape index (κ3) is 6.54. The Morgan fingerprint density at radius 2 is 1.83 bits per heavy atom. The SMILES string of the molecule is CCCCCc1ccc(C(Cc2ccc(OCC)c(F)c2C(=O)O)OCOC)cc1. The Labute approximate surface area is 177 Å². The molecule has 6 heteroatoms. The maximum absolute atomic E-state index is 14.7. The topological polar surface area (TPSA) is 65.0 Å². The fourth-order valence-electron chi connectivity index (χ4n) is 3.37. The van der Waals surface area contributed by atoms with Gasteiger partial charge in [-0.25, -0.2) is 9.18 Å². The minimum atomic E-state index is -1.33. The monoisotopic (exact) mass is 418 g/mol. The van der Waals surface area contributed by atoms with Crippen molar-refractivity contribution in [3.63, 3.8) is 0 Å². The average molecular weight is 419 g/mol. The molecule has 0 aliphatic heterocycles. The van der Waals surface area contributed by atoms with Crippen LogP contribution in [0.3, 0.4) is 0 Å². The number of hydrogen-bond acceptors (Lipinski definition) is 4. The van der Waals surface area contributed by atoms with Crippen LogP contribution < -0.4 is 4.74 Å². The Morgan fingerprint density at radius 1 is 1.10 bits per heavy atom. The molecule has 0 fully saturated rings. The summed E-state index contributed by atoms with van der Waals surface area (Å²) in [5.74, 6) is -2.26. The quantitative estimate of drug-likeness (QED) is 0.341. The van der Waals surface area contributed by atoms with Crippen LogP contribution in [0, 0.1) is 5.82 Å². The van der Waals surface area contributed by atoms with Gasteiger partial charge in [-0.1, -0.05) is 50.1 Å². The summed E-state index contributed by atoms with van der Waals surface area (Å²) in [6.45, 7) is 4.19. The van der Waals surface area contributed by atoms with Crippen molar-refractivity contribution >= 4 is 5.97 Å². The van der Waals surface area contributed by atoms with Crippen LogP contribution in [0.2, 0.25) is 0 Å². The summed E-state index contributed by atoms with van der Waals surface area (Å²) in [6, 6.07) is 11.1. The van der Waals surface area contributed by atoms with Crippen LogP contribution in [0.15, 0.2) is 36.4 Å². The molecule has 2 rings (SSSR count). The van der Waals surface area contributed by atoms with E-state index < -0.39 is 17.9 Å². The minimum Gasteiger partial charge on any atom is -0.491 e. The van der Waals surface area contributed by atoms with Crippen molar-refractivity contribution in [1.29, 1.82) is 0 Å². The lowest BCUT2D eigenvalue weighted by Crippen LogP contribution is -2.14. The third-order valence-electron chi connectivity index (χ3n) is 4.92. The van der Waals surface area contributed by atoms with Gasteiger partial charge in [-0.15, -0.1) is 0 Å². The number of carboxylic acid groups (broad SMARTS) is 1. The number of benzene rings is 2. The standard InChI is InChI=1S/C24H31FO5/c1-4-6-7-8-17-9-11-18(12-10-17)21(30-16-28-3)15-19-13-14-20(29-5-2)23(25)22(19)24(26)27/h9-14,21H,4-8,15-16H2,1-3H3,(H,26,27). The van der Waals surface area contributed by atoms with E-state index in [1.54, 1.807) is 13.0 Å². The van der Waals surface area contributed by atoms with E-state index in [0.29, 0.717) is 5.56 Å². The smallest absolute Gasteiger partial charge is 0.339 e. The van der Waals surface area contributed by atoms with Crippen molar-refractivity contribution in [2.75, 3.05) is 20.5 Å². The van der Waals surface area contributed by atoms with Crippen molar-refractivity contribution in [2.45, 2.75) is 52.1 Å². The number of halogens is 1. The van der Waals surface area contributed by atoms with Crippen LogP contribution in [-0.2, 0) is 22.3 Å². The summed E-state index contributed by atoms with van der Waals surface area (Å²) < 4.78 is 30.7. The van der Waals surface area contributed by atoms with Crippen LogP contribution in [0.4, 0.5) is 4.39 Å². The molecule has 2 aromatic rings. The Hall–Kier alpha value is -2.44. The first-order valence-electron chi connectivity index (χ1n) is 10.4. The molecule has 30 heavy (non-hydrogen) atoms. The van der Waals surface area contributed by atoms with Crippen molar-refractivity contribution in [1.82, 2.24) is 0 Å². The zero-order chi connectivity index (χ0) is 21.9. The lowest BCUT2D eigenvalue weighted by molar-refractivity contribution is -0.0730. The van der Waals surface area contributed by atoms with Crippen LogP contribution >= 0.6 is 0 Å². The van der Waals surface area contributed by atoms with Gasteiger partial charge >= 0.3 is 5.97 Å². The van der Waals surface area contributed by atoms with E-state index in [2.05, 4.69) is 19.1 Å². The number of aryl methyl sites for hydroxylation is 1. The summed E-state index contributed by atoms with van der Waals surface area (Å²) in [5.41, 5.74) is 2.09. The number of carboxylic acids is 1. The lowest BCUT2D eigenvalue weighted by atomic mass is 9.95. The maximum Gasteiger partial charge on any atom is 0.339 e. The van der Waals surface area contributed by atoms with Gasteiger partial charge in [0.15, 0.2) is 11.6 Å². The highest BCUT2D eigenvalue weighted by atomic mass is 19.1. The molecule has 0 saturated heterocycles. The van der Waals surface area contributed by atoms with Crippen LogP contribution in [0.5, 0.6) is 5.75 Å². The van der Waals surface area contributed by atoms with E-state index in [0.717, 1.165) is 18.4 Å². The van der Waals surface area contributed by atoms with Crippen LogP contribution in [-0.4, -0.2) is 31.6 Å². The number of hydrogen-bond donors (Lipinski definition) is 1. The highest BCUT2D eigenvalue weighted by Gasteiger charge is 2.23. The summed E-state index contributed by atoms with van der Waals surface area (Å²) >= 11 is 0. The second-order valence-corrected chi connectivity index (χ2v) is 7.11. The molecule has 164 valence electrons. The molecule has 0 heterocycles. The van der Waals surface area contributed by atoms with E-state index in [-0.39, 0.29) is 31.1 Å². The Bertz CT molecular complexity index is 804. The summed E-state index contributed by atoms with van der Waals surface area (Å²) in [7, 11) is 1.52. The van der Waals surface area contributed by atoms with Gasteiger partial charge in [0.1, 0.15) is 12.4 Å². The van der Waals surface area contributed by atoms with Crippen molar-refractivity contribution in [3.05, 3.63) is 64.5 Å². The molecule has 2 aromatic carbocycles. The Balaban J connectivity index is 2.28. The van der Waals surface area contributed by atoms with Gasteiger partial charge in [-0.05, 0) is 42.5 Å². The lowest BCUT2D eigenvalue weighted by Gasteiger charge is -2.20. The predicted octanol–water partition coefficient (Wildman–Crippen LogP) is 5.56. The first-order valence-corrected chi connectivity index (χ1v) is 10.4. The first kappa shape index (κ1) is 23.8. The highest BCUT2D eigenvalue weighted by molar-refractivity contribution is 5.90. The fourth-order valence-corrected chi connectivity index (χ4v) is 3.37. The second kappa shape index (κ2) is 12.3. The van der Waals surface area contributed by atoms with Gasteiger partial charge in [-0.2, -0.15) is 0 Å². The van der Waals surface area contributed by atoms with E-state index >= 15 is 0 Å². The average Bonchev–Trinajstić information content (AvgIpc) is 2.73. The van der Waals surface area contributed by atoms with Gasteiger partial charge in [0.25, 0.3) is 0 Å². The molecule has 0 saturated carbocycles. The molecule has 0 aliphatic carbocycles. The minimum absolute atomic E-state index is 0.0465. The molecule has 1 unspecified atom stereocenters. The third-order valence-corrected chi connectivity index (χ3v) is 4.92. The molecule has 1 N–H and O–H groups in total. The van der Waals surface area contributed by atoms with Gasteiger partial charge in [-0.3, -0.25) is 0 Å². The van der Waals surface area contributed by atoms with Crippen molar-refractivity contribution in [2.24, 2.45) is 0 Å². The van der Waals surface area contributed by atoms with Crippen molar-refractivity contribution < 1.29 is 28.5 Å². The van der Waals surface area contributed by atoms with Crippen LogP contribution in [0.1, 0.15) is 66.3 Å². The summed E-state index contributed by atoms with van der Waals surface area (Å²) in [5, 5.41) is 9.58. The number of aromatic carboxylic acids is 1. The van der Waals surface area contributed by atoms with E-state index in [4.69, 9.17) is 14.2 Å². The number of methoxy groups -OCH3 is 1. The highest BCUT2D eigenvalue weighted by Crippen LogP contribution is 2.30. The number of rotatable bonds is 13. The molecule has 1 atom stereocenters. The molecule has 0 bridgehead atoms. The zero-order valence-electron chi connectivity index (χ0n) is 17.9.